The predicted molar refractivity (Wildman–Crippen MR) is 142 cm³/mol. The summed E-state index contributed by atoms with van der Waals surface area (Å²) in [4.78, 5) is 18.6. The number of nitrogens with zero attached hydrogens (tertiary/aromatic N) is 3. The number of hydrogen-bond acceptors (Lipinski definition) is 5. The first-order valence-electron chi connectivity index (χ1n) is 11.7. The molecule has 0 N–H and O–H groups in total. The summed E-state index contributed by atoms with van der Waals surface area (Å²) < 4.78 is 35.3. The molecule has 0 spiro atoms. The van der Waals surface area contributed by atoms with Crippen molar-refractivity contribution in [2.45, 2.75) is 44.0 Å². The molecule has 0 aliphatic carbocycles. The van der Waals surface area contributed by atoms with Crippen LogP contribution in [0.1, 0.15) is 45.1 Å². The summed E-state index contributed by atoms with van der Waals surface area (Å²) >= 11 is 0. The van der Waals surface area contributed by atoms with Gasteiger partial charge in [0.1, 0.15) is 11.6 Å². The van der Waals surface area contributed by atoms with Crippen molar-refractivity contribution in [1.29, 1.82) is 0 Å². The van der Waals surface area contributed by atoms with Crippen LogP contribution in [0.5, 0.6) is 5.75 Å². The van der Waals surface area contributed by atoms with Crippen molar-refractivity contribution < 1.29 is 13.2 Å². The first-order valence-corrected chi connectivity index (χ1v) is 13.1. The van der Waals surface area contributed by atoms with E-state index < -0.39 is 16.1 Å². The highest BCUT2D eigenvalue weighted by molar-refractivity contribution is 7.89. The number of benzene rings is 3. The van der Waals surface area contributed by atoms with Gasteiger partial charge in [0.05, 0.1) is 34.6 Å². The first kappa shape index (κ1) is 25.6. The maximum Gasteiger partial charge on any atom is 0.266 e. The third-order valence-corrected chi connectivity index (χ3v) is 8.37. The summed E-state index contributed by atoms with van der Waals surface area (Å²) in [5, 5.41) is 0.444. The van der Waals surface area contributed by atoms with Gasteiger partial charge in [-0.05, 0) is 54.3 Å². The highest BCUT2D eigenvalue weighted by Gasteiger charge is 2.30. The minimum Gasteiger partial charge on any atom is -0.497 e. The molecule has 36 heavy (non-hydrogen) atoms. The van der Waals surface area contributed by atoms with E-state index in [1.54, 1.807) is 74.7 Å². The average molecular weight is 506 g/mol. The average Bonchev–Trinajstić information content (AvgIpc) is 2.87. The molecule has 0 saturated carbocycles. The topological polar surface area (TPSA) is 81.5 Å². The molecule has 8 heteroatoms. The van der Waals surface area contributed by atoms with Crippen molar-refractivity contribution in [1.82, 2.24) is 13.9 Å². The molecule has 0 amide bonds. The van der Waals surface area contributed by atoms with Crippen LogP contribution in [0.25, 0.3) is 16.6 Å². The van der Waals surface area contributed by atoms with Gasteiger partial charge in [-0.1, -0.05) is 51.1 Å². The van der Waals surface area contributed by atoms with E-state index in [4.69, 9.17) is 9.72 Å². The summed E-state index contributed by atoms with van der Waals surface area (Å²) in [5.74, 6) is 0.885. The van der Waals surface area contributed by atoms with Gasteiger partial charge in [-0.2, -0.15) is 4.31 Å². The smallest absolute Gasteiger partial charge is 0.266 e. The SMILES string of the molecule is COc1cccc(-n2c(C(C)N(C)S(=O)(=O)c3ccc(C(C)(C)C)cc3)nc3ccccc3c2=O)c1. The zero-order valence-electron chi connectivity index (χ0n) is 21.4. The molecule has 4 aromatic rings. The lowest BCUT2D eigenvalue weighted by atomic mass is 9.87. The molecule has 0 fully saturated rings. The fourth-order valence-corrected chi connectivity index (χ4v) is 5.42. The van der Waals surface area contributed by atoms with Crippen molar-refractivity contribution in [3.8, 4) is 11.4 Å². The fourth-order valence-electron chi connectivity index (χ4n) is 4.09. The van der Waals surface area contributed by atoms with Gasteiger partial charge in [0.25, 0.3) is 5.56 Å². The van der Waals surface area contributed by atoms with E-state index in [9.17, 15) is 13.2 Å². The van der Waals surface area contributed by atoms with Crippen molar-refractivity contribution in [2.24, 2.45) is 0 Å². The van der Waals surface area contributed by atoms with Gasteiger partial charge >= 0.3 is 0 Å². The maximum atomic E-state index is 13.6. The molecule has 3 aromatic carbocycles. The second kappa shape index (κ2) is 9.52. The molecule has 4 rings (SSSR count). The highest BCUT2D eigenvalue weighted by atomic mass is 32.2. The number of para-hydroxylation sites is 1. The minimum atomic E-state index is -3.87. The highest BCUT2D eigenvalue weighted by Crippen LogP contribution is 2.29. The monoisotopic (exact) mass is 505 g/mol. The summed E-state index contributed by atoms with van der Waals surface area (Å²) in [6.07, 6.45) is 0. The van der Waals surface area contributed by atoms with Crippen molar-refractivity contribution in [3.63, 3.8) is 0 Å². The molecular weight excluding hydrogens is 474 g/mol. The Morgan fingerprint density at radius 2 is 1.64 bits per heavy atom. The maximum absolute atomic E-state index is 13.6. The van der Waals surface area contributed by atoms with Crippen molar-refractivity contribution >= 4 is 20.9 Å². The number of rotatable bonds is 6. The molecule has 1 atom stereocenters. The zero-order valence-corrected chi connectivity index (χ0v) is 22.2. The molecule has 0 aliphatic rings. The van der Waals surface area contributed by atoms with Crippen molar-refractivity contribution in [3.05, 3.63) is 94.5 Å². The lowest BCUT2D eigenvalue weighted by molar-refractivity contribution is 0.378. The Kier molecular flexibility index (Phi) is 6.77. The Hall–Kier alpha value is -3.49. The van der Waals surface area contributed by atoms with E-state index in [1.807, 2.05) is 12.1 Å². The summed E-state index contributed by atoms with van der Waals surface area (Å²) in [7, 11) is -0.813. The van der Waals surface area contributed by atoms with Gasteiger partial charge in [0.2, 0.25) is 10.0 Å². The normalized spacial score (nSPS) is 13.2. The van der Waals surface area contributed by atoms with Gasteiger partial charge in [-0.25, -0.2) is 13.4 Å². The number of hydrogen-bond donors (Lipinski definition) is 0. The summed E-state index contributed by atoms with van der Waals surface area (Å²) in [6, 6.07) is 20.3. The second-order valence-electron chi connectivity index (χ2n) is 9.80. The van der Waals surface area contributed by atoms with Crippen LogP contribution in [0.3, 0.4) is 0 Å². The summed E-state index contributed by atoms with van der Waals surface area (Å²) in [5.41, 5.74) is 1.71. The van der Waals surface area contributed by atoms with Gasteiger partial charge in [0, 0.05) is 13.1 Å². The van der Waals surface area contributed by atoms with Gasteiger partial charge in [0.15, 0.2) is 0 Å². The Balaban J connectivity index is 1.86. The molecule has 1 aromatic heterocycles. The Morgan fingerprint density at radius 3 is 2.28 bits per heavy atom. The van der Waals surface area contributed by atoms with Crippen LogP contribution in [0.2, 0.25) is 0 Å². The number of ether oxygens (including phenoxy) is 1. The van der Waals surface area contributed by atoms with E-state index >= 15 is 0 Å². The lowest BCUT2D eigenvalue weighted by Crippen LogP contribution is -2.35. The zero-order chi connectivity index (χ0) is 26.3. The Labute approximate surface area is 212 Å². The van der Waals surface area contributed by atoms with E-state index in [0.717, 1.165) is 5.56 Å². The second-order valence-corrected chi connectivity index (χ2v) is 11.8. The minimum absolute atomic E-state index is 0.0939. The van der Waals surface area contributed by atoms with Crippen LogP contribution in [0.15, 0.2) is 82.5 Å². The molecule has 7 nitrogen and oxygen atoms in total. The number of sulfonamides is 1. The predicted octanol–water partition coefficient (Wildman–Crippen LogP) is 5.07. The van der Waals surface area contributed by atoms with Crippen molar-refractivity contribution in [2.75, 3.05) is 14.2 Å². The molecule has 0 radical (unpaired) electrons. The fraction of sp³-hybridized carbons (Fsp3) is 0.286. The number of methoxy groups -OCH3 is 1. The Bertz CT molecular complexity index is 1570. The van der Waals surface area contributed by atoms with E-state index in [1.165, 1.54) is 15.9 Å². The quantitative estimate of drug-likeness (QED) is 0.365. The van der Waals surface area contributed by atoms with Gasteiger partial charge in [-0.3, -0.25) is 9.36 Å². The van der Waals surface area contributed by atoms with Gasteiger partial charge in [-0.15, -0.1) is 0 Å². The standard InChI is InChI=1S/C28H31N3O4S/c1-19(30(5)36(33,34)23-16-14-20(15-17-23)28(2,3)4)26-29-25-13-8-7-12-24(25)27(32)31(26)21-10-9-11-22(18-21)35-6/h7-19H,1-6H3. The van der Waals surface area contributed by atoms with Crippen LogP contribution < -0.4 is 10.3 Å². The van der Waals surface area contributed by atoms with Crippen LogP contribution >= 0.6 is 0 Å². The van der Waals surface area contributed by atoms with E-state index in [0.29, 0.717) is 28.2 Å². The first-order chi connectivity index (χ1) is 16.9. The molecule has 1 heterocycles. The number of aromatic nitrogens is 2. The third-order valence-electron chi connectivity index (χ3n) is 6.43. The molecule has 1 unspecified atom stereocenters. The lowest BCUT2D eigenvalue weighted by Gasteiger charge is -2.27. The largest absolute Gasteiger partial charge is 0.497 e. The van der Waals surface area contributed by atoms with Gasteiger partial charge < -0.3 is 4.74 Å². The molecule has 0 saturated heterocycles. The molecule has 188 valence electrons. The number of fused-ring (bicyclic) bond motifs is 1. The van der Waals surface area contributed by atoms with Crippen LogP contribution in [0.4, 0.5) is 0 Å². The Morgan fingerprint density at radius 1 is 0.972 bits per heavy atom. The van der Waals surface area contributed by atoms with Crippen LogP contribution in [-0.4, -0.2) is 36.4 Å². The summed E-state index contributed by atoms with van der Waals surface area (Å²) in [6.45, 7) is 7.96. The van der Waals surface area contributed by atoms with E-state index in [2.05, 4.69) is 20.8 Å². The molecule has 0 bridgehead atoms. The van der Waals surface area contributed by atoms with Crippen LogP contribution in [0, 0.1) is 0 Å². The van der Waals surface area contributed by atoms with Crippen LogP contribution in [-0.2, 0) is 15.4 Å². The molecular formula is C28H31N3O4S. The van der Waals surface area contributed by atoms with E-state index in [-0.39, 0.29) is 15.9 Å². The molecule has 0 aliphatic heterocycles. The third kappa shape index (κ3) is 4.66.